The fourth-order valence-corrected chi connectivity index (χ4v) is 3.54. The predicted octanol–water partition coefficient (Wildman–Crippen LogP) is 3.60. The van der Waals surface area contributed by atoms with Gasteiger partial charge in [0.2, 0.25) is 5.91 Å². The van der Waals surface area contributed by atoms with Gasteiger partial charge in [0.25, 0.3) is 5.91 Å². The van der Waals surface area contributed by atoms with E-state index in [4.69, 9.17) is 4.74 Å². The maximum atomic E-state index is 12.4. The Hall–Kier alpha value is -2.67. The van der Waals surface area contributed by atoms with Gasteiger partial charge < -0.3 is 15.0 Å². The summed E-state index contributed by atoms with van der Waals surface area (Å²) in [5.41, 5.74) is 3.51. The SMILES string of the molecule is Cc1cccc(N2C[C@@H](C(=O)OCC(=O)Nc3cccc(Br)c3)CC2=O)c1C. The maximum absolute atomic E-state index is 12.4. The van der Waals surface area contributed by atoms with E-state index >= 15 is 0 Å². The monoisotopic (exact) mass is 444 g/mol. The topological polar surface area (TPSA) is 75.7 Å². The van der Waals surface area contributed by atoms with E-state index in [0.717, 1.165) is 21.3 Å². The van der Waals surface area contributed by atoms with Gasteiger partial charge in [-0.15, -0.1) is 0 Å². The molecule has 1 atom stereocenters. The molecule has 0 spiro atoms. The van der Waals surface area contributed by atoms with Crippen LogP contribution in [0.3, 0.4) is 0 Å². The summed E-state index contributed by atoms with van der Waals surface area (Å²) in [5, 5.41) is 2.66. The standard InChI is InChI=1S/C21H21BrN2O4/c1-13-5-3-8-18(14(13)2)24-11-15(9-20(24)26)21(27)28-12-19(25)23-17-7-4-6-16(22)10-17/h3-8,10,15H,9,11-12H2,1-2H3,(H,23,25)/t15-/m0/s1. The number of amides is 2. The molecular weight excluding hydrogens is 424 g/mol. The fourth-order valence-electron chi connectivity index (χ4n) is 3.14. The summed E-state index contributed by atoms with van der Waals surface area (Å²) in [7, 11) is 0. The van der Waals surface area contributed by atoms with Crippen LogP contribution >= 0.6 is 15.9 Å². The van der Waals surface area contributed by atoms with Crippen LogP contribution in [0.15, 0.2) is 46.9 Å². The molecule has 0 unspecified atom stereocenters. The van der Waals surface area contributed by atoms with Gasteiger partial charge in [-0.25, -0.2) is 0 Å². The summed E-state index contributed by atoms with van der Waals surface area (Å²) in [6, 6.07) is 12.9. The van der Waals surface area contributed by atoms with Crippen molar-refractivity contribution in [1.29, 1.82) is 0 Å². The van der Waals surface area contributed by atoms with E-state index in [0.29, 0.717) is 5.69 Å². The summed E-state index contributed by atoms with van der Waals surface area (Å²) >= 11 is 3.33. The molecule has 7 heteroatoms. The highest BCUT2D eigenvalue weighted by atomic mass is 79.9. The van der Waals surface area contributed by atoms with Gasteiger partial charge in [-0.3, -0.25) is 14.4 Å². The Balaban J connectivity index is 1.56. The van der Waals surface area contributed by atoms with E-state index in [1.165, 1.54) is 0 Å². The first-order valence-corrected chi connectivity index (χ1v) is 9.73. The molecule has 146 valence electrons. The van der Waals surface area contributed by atoms with Crippen LogP contribution in [0.4, 0.5) is 11.4 Å². The van der Waals surface area contributed by atoms with Crippen molar-refractivity contribution < 1.29 is 19.1 Å². The number of hydrogen-bond acceptors (Lipinski definition) is 4. The van der Waals surface area contributed by atoms with Gasteiger partial charge >= 0.3 is 5.97 Å². The number of nitrogens with one attached hydrogen (secondary N) is 1. The van der Waals surface area contributed by atoms with Gasteiger partial charge in [0.05, 0.1) is 5.92 Å². The van der Waals surface area contributed by atoms with E-state index in [9.17, 15) is 14.4 Å². The van der Waals surface area contributed by atoms with Crippen LogP contribution in [0, 0.1) is 19.8 Å². The summed E-state index contributed by atoms with van der Waals surface area (Å²) in [6.45, 7) is 3.81. The van der Waals surface area contributed by atoms with Crippen LogP contribution < -0.4 is 10.2 Å². The lowest BCUT2D eigenvalue weighted by molar-refractivity contribution is -0.151. The third-order valence-corrected chi connectivity index (χ3v) is 5.27. The Morgan fingerprint density at radius 1 is 1.21 bits per heavy atom. The lowest BCUT2D eigenvalue weighted by atomic mass is 10.1. The Kier molecular flexibility index (Phi) is 6.14. The zero-order chi connectivity index (χ0) is 20.3. The summed E-state index contributed by atoms with van der Waals surface area (Å²) in [6.07, 6.45) is 0.0828. The van der Waals surface area contributed by atoms with Crippen molar-refractivity contribution in [2.75, 3.05) is 23.4 Å². The number of rotatable bonds is 5. The largest absolute Gasteiger partial charge is 0.455 e. The molecule has 0 radical (unpaired) electrons. The smallest absolute Gasteiger partial charge is 0.311 e. The highest BCUT2D eigenvalue weighted by Gasteiger charge is 2.37. The molecule has 1 aliphatic heterocycles. The normalized spacial score (nSPS) is 16.2. The number of nitrogens with zero attached hydrogens (tertiary/aromatic N) is 1. The van der Waals surface area contributed by atoms with Crippen LogP contribution in [-0.2, 0) is 19.1 Å². The van der Waals surface area contributed by atoms with Crippen molar-refractivity contribution in [3.8, 4) is 0 Å². The fraction of sp³-hybridized carbons (Fsp3) is 0.286. The molecule has 3 rings (SSSR count). The molecule has 1 heterocycles. The Morgan fingerprint density at radius 2 is 1.96 bits per heavy atom. The number of anilines is 2. The van der Waals surface area contributed by atoms with E-state index in [2.05, 4.69) is 21.2 Å². The predicted molar refractivity (Wildman–Crippen MR) is 110 cm³/mol. The molecule has 2 aromatic rings. The van der Waals surface area contributed by atoms with Crippen LogP contribution in [-0.4, -0.2) is 30.9 Å². The molecule has 0 aliphatic carbocycles. The number of hydrogen-bond donors (Lipinski definition) is 1. The average molecular weight is 445 g/mol. The quantitative estimate of drug-likeness (QED) is 0.714. The zero-order valence-corrected chi connectivity index (χ0v) is 17.3. The third kappa shape index (κ3) is 4.59. The highest BCUT2D eigenvalue weighted by Crippen LogP contribution is 2.29. The lowest BCUT2D eigenvalue weighted by Crippen LogP contribution is -2.28. The maximum Gasteiger partial charge on any atom is 0.311 e. The second-order valence-electron chi connectivity index (χ2n) is 6.79. The first kappa shape index (κ1) is 20.1. The molecule has 2 amide bonds. The number of halogens is 1. The Morgan fingerprint density at radius 3 is 2.71 bits per heavy atom. The first-order valence-electron chi connectivity index (χ1n) is 8.94. The Bertz CT molecular complexity index is 928. The van der Waals surface area contributed by atoms with Crippen LogP contribution in [0.1, 0.15) is 17.5 Å². The lowest BCUT2D eigenvalue weighted by Gasteiger charge is -2.20. The van der Waals surface area contributed by atoms with E-state index in [1.54, 1.807) is 23.1 Å². The zero-order valence-electron chi connectivity index (χ0n) is 15.7. The van der Waals surface area contributed by atoms with Crippen molar-refractivity contribution in [2.24, 2.45) is 5.92 Å². The van der Waals surface area contributed by atoms with Crippen molar-refractivity contribution in [3.63, 3.8) is 0 Å². The molecular formula is C21H21BrN2O4. The number of ether oxygens (including phenoxy) is 1. The van der Waals surface area contributed by atoms with Gasteiger partial charge in [-0.2, -0.15) is 0 Å². The average Bonchev–Trinajstić information content (AvgIpc) is 3.04. The van der Waals surface area contributed by atoms with Gasteiger partial charge in [0.15, 0.2) is 6.61 Å². The van der Waals surface area contributed by atoms with E-state index in [1.807, 2.05) is 38.1 Å². The van der Waals surface area contributed by atoms with Crippen molar-refractivity contribution in [2.45, 2.75) is 20.3 Å². The highest BCUT2D eigenvalue weighted by molar-refractivity contribution is 9.10. The van der Waals surface area contributed by atoms with Crippen LogP contribution in [0.25, 0.3) is 0 Å². The summed E-state index contributed by atoms with van der Waals surface area (Å²) in [5.74, 6) is -1.66. The summed E-state index contributed by atoms with van der Waals surface area (Å²) < 4.78 is 5.97. The van der Waals surface area contributed by atoms with Crippen molar-refractivity contribution >= 4 is 45.1 Å². The molecule has 0 saturated carbocycles. The minimum absolute atomic E-state index is 0.0828. The molecule has 1 aliphatic rings. The molecule has 1 fully saturated rings. The second kappa shape index (κ2) is 8.56. The number of carbonyl (C=O) groups is 3. The molecule has 0 bridgehead atoms. The number of benzene rings is 2. The number of carbonyl (C=O) groups excluding carboxylic acids is 3. The molecule has 2 aromatic carbocycles. The van der Waals surface area contributed by atoms with Gasteiger partial charge in [0, 0.05) is 28.8 Å². The third-order valence-electron chi connectivity index (χ3n) is 4.78. The first-order chi connectivity index (χ1) is 13.3. The van der Waals surface area contributed by atoms with Gasteiger partial charge in [-0.1, -0.05) is 34.1 Å². The minimum Gasteiger partial charge on any atom is -0.455 e. The van der Waals surface area contributed by atoms with Gasteiger partial charge in [0.1, 0.15) is 0 Å². The molecule has 28 heavy (non-hydrogen) atoms. The van der Waals surface area contributed by atoms with Crippen LogP contribution in [0.5, 0.6) is 0 Å². The molecule has 1 N–H and O–H groups in total. The number of aryl methyl sites for hydroxylation is 1. The van der Waals surface area contributed by atoms with E-state index < -0.39 is 17.8 Å². The molecule has 1 saturated heterocycles. The summed E-state index contributed by atoms with van der Waals surface area (Å²) in [4.78, 5) is 38.4. The number of esters is 1. The van der Waals surface area contributed by atoms with Gasteiger partial charge in [-0.05, 0) is 49.2 Å². The minimum atomic E-state index is -0.578. The van der Waals surface area contributed by atoms with Crippen molar-refractivity contribution in [3.05, 3.63) is 58.1 Å². The van der Waals surface area contributed by atoms with Crippen molar-refractivity contribution in [1.82, 2.24) is 0 Å². The second-order valence-corrected chi connectivity index (χ2v) is 7.71. The Labute approximate surface area is 172 Å². The molecule has 0 aromatic heterocycles. The van der Waals surface area contributed by atoms with E-state index in [-0.39, 0.29) is 25.5 Å². The molecule has 6 nitrogen and oxygen atoms in total. The van der Waals surface area contributed by atoms with Crippen LogP contribution in [0.2, 0.25) is 0 Å².